The minimum absolute atomic E-state index is 0.135. The van der Waals surface area contributed by atoms with Gasteiger partial charge in [0.1, 0.15) is 11.6 Å². The van der Waals surface area contributed by atoms with Gasteiger partial charge < -0.3 is 4.57 Å². The number of rotatable bonds is 4. The van der Waals surface area contributed by atoms with Crippen molar-refractivity contribution in [1.82, 2.24) is 19.5 Å². The lowest BCUT2D eigenvalue weighted by Crippen LogP contribution is -2.07. The van der Waals surface area contributed by atoms with Crippen LogP contribution in [0.1, 0.15) is 30.7 Å². The van der Waals surface area contributed by atoms with Crippen molar-refractivity contribution >= 4 is 11.6 Å². The summed E-state index contributed by atoms with van der Waals surface area (Å²) in [6.45, 7) is 2.01. The van der Waals surface area contributed by atoms with Gasteiger partial charge in [-0.3, -0.25) is 0 Å². The first-order chi connectivity index (χ1) is 9.40. The Labute approximate surface area is 118 Å². The second-order valence-corrected chi connectivity index (χ2v) is 4.67. The maximum Gasteiger partial charge on any atom is 0.434 e. The normalized spacial score (nSPS) is 11.8. The molecule has 0 saturated heterocycles. The van der Waals surface area contributed by atoms with Crippen molar-refractivity contribution in [2.75, 3.05) is 0 Å². The molecule has 0 amide bonds. The van der Waals surface area contributed by atoms with E-state index >= 15 is 0 Å². The van der Waals surface area contributed by atoms with E-state index in [-0.39, 0.29) is 6.54 Å². The first-order valence-electron chi connectivity index (χ1n) is 6.00. The second-order valence-electron chi connectivity index (χ2n) is 4.24. The minimum Gasteiger partial charge on any atom is -0.327 e. The molecular formula is C12H12ClF3N4. The zero-order chi connectivity index (χ0) is 14.8. The average molecular weight is 305 g/mol. The predicted octanol–water partition coefficient (Wildman–Crippen LogP) is 3.35. The standard InChI is InChI=1S/C12H12ClF3N4/c1-2-3-11-19-9(12(14,15)16)6-20(11)7-10-17-4-8(13)5-18-10/h4-6H,2-3,7H2,1H3. The molecule has 0 atom stereocenters. The highest BCUT2D eigenvalue weighted by atomic mass is 35.5. The Balaban J connectivity index is 2.29. The summed E-state index contributed by atoms with van der Waals surface area (Å²) in [6.07, 6.45) is 0.521. The predicted molar refractivity (Wildman–Crippen MR) is 67.4 cm³/mol. The van der Waals surface area contributed by atoms with E-state index in [1.54, 1.807) is 0 Å². The molecule has 0 fully saturated rings. The lowest BCUT2D eigenvalue weighted by atomic mass is 10.3. The monoisotopic (exact) mass is 304 g/mol. The van der Waals surface area contributed by atoms with E-state index in [9.17, 15) is 13.2 Å². The van der Waals surface area contributed by atoms with Crippen LogP contribution in [0.2, 0.25) is 5.02 Å². The third kappa shape index (κ3) is 3.47. The minimum atomic E-state index is -4.45. The van der Waals surface area contributed by atoms with Gasteiger partial charge in [0, 0.05) is 25.0 Å². The molecule has 0 aliphatic carbocycles. The number of hydrogen-bond acceptors (Lipinski definition) is 3. The van der Waals surface area contributed by atoms with Gasteiger partial charge in [-0.15, -0.1) is 0 Å². The maximum atomic E-state index is 12.7. The number of imidazole rings is 1. The van der Waals surface area contributed by atoms with Gasteiger partial charge >= 0.3 is 6.18 Å². The van der Waals surface area contributed by atoms with Gasteiger partial charge in [-0.2, -0.15) is 13.2 Å². The number of alkyl halides is 3. The van der Waals surface area contributed by atoms with Crippen LogP contribution >= 0.6 is 11.6 Å². The van der Waals surface area contributed by atoms with Gasteiger partial charge in [0.05, 0.1) is 11.6 Å². The molecule has 0 unspecified atom stereocenters. The molecule has 2 heterocycles. The lowest BCUT2D eigenvalue weighted by molar-refractivity contribution is -0.141. The highest BCUT2D eigenvalue weighted by molar-refractivity contribution is 6.30. The molecule has 2 aromatic heterocycles. The van der Waals surface area contributed by atoms with Crippen LogP contribution < -0.4 is 0 Å². The summed E-state index contributed by atoms with van der Waals surface area (Å²) in [7, 11) is 0. The zero-order valence-electron chi connectivity index (χ0n) is 10.7. The number of aromatic nitrogens is 4. The molecular weight excluding hydrogens is 293 g/mol. The summed E-state index contributed by atoms with van der Waals surface area (Å²) < 4.78 is 39.5. The van der Waals surface area contributed by atoms with E-state index in [2.05, 4.69) is 15.0 Å². The van der Waals surface area contributed by atoms with Crippen LogP contribution in [0.25, 0.3) is 0 Å². The van der Waals surface area contributed by atoms with Crippen LogP contribution in [0.15, 0.2) is 18.6 Å². The number of nitrogens with zero attached hydrogens (tertiary/aromatic N) is 4. The van der Waals surface area contributed by atoms with Crippen LogP contribution in [0, 0.1) is 0 Å². The molecule has 0 saturated carbocycles. The first kappa shape index (κ1) is 14.8. The Kier molecular flexibility index (Phi) is 4.27. The van der Waals surface area contributed by atoms with Crippen molar-refractivity contribution < 1.29 is 13.2 Å². The fourth-order valence-electron chi connectivity index (χ4n) is 1.72. The molecule has 0 spiro atoms. The molecule has 20 heavy (non-hydrogen) atoms. The van der Waals surface area contributed by atoms with Gasteiger partial charge in [-0.05, 0) is 6.42 Å². The lowest BCUT2D eigenvalue weighted by Gasteiger charge is -2.05. The van der Waals surface area contributed by atoms with Crippen molar-refractivity contribution in [3.63, 3.8) is 0 Å². The topological polar surface area (TPSA) is 43.6 Å². The molecule has 4 nitrogen and oxygen atoms in total. The van der Waals surface area contributed by atoms with Crippen molar-refractivity contribution in [2.45, 2.75) is 32.5 Å². The smallest absolute Gasteiger partial charge is 0.327 e. The molecule has 2 aromatic rings. The number of halogens is 4. The Bertz CT molecular complexity index is 577. The van der Waals surface area contributed by atoms with Crippen LogP contribution in [0.3, 0.4) is 0 Å². The molecule has 0 N–H and O–H groups in total. The van der Waals surface area contributed by atoms with Crippen LogP contribution in [0.4, 0.5) is 13.2 Å². The van der Waals surface area contributed by atoms with E-state index in [1.807, 2.05) is 6.92 Å². The molecule has 0 radical (unpaired) electrons. The van der Waals surface area contributed by atoms with Crippen molar-refractivity contribution in [3.05, 3.63) is 41.0 Å². The van der Waals surface area contributed by atoms with E-state index in [4.69, 9.17) is 11.6 Å². The van der Waals surface area contributed by atoms with Gasteiger partial charge in [0.15, 0.2) is 5.69 Å². The summed E-state index contributed by atoms with van der Waals surface area (Å²) in [5, 5.41) is 0.379. The summed E-state index contributed by atoms with van der Waals surface area (Å²) >= 11 is 5.67. The fraction of sp³-hybridized carbons (Fsp3) is 0.417. The van der Waals surface area contributed by atoms with Gasteiger partial charge in [0.25, 0.3) is 0 Å². The Morgan fingerprint density at radius 2 is 1.90 bits per heavy atom. The van der Waals surface area contributed by atoms with Crippen molar-refractivity contribution in [3.8, 4) is 0 Å². The summed E-state index contributed by atoms with van der Waals surface area (Å²) in [6, 6.07) is 0. The summed E-state index contributed by atoms with van der Waals surface area (Å²) in [4.78, 5) is 11.6. The van der Waals surface area contributed by atoms with E-state index < -0.39 is 11.9 Å². The van der Waals surface area contributed by atoms with Gasteiger partial charge in [-0.1, -0.05) is 18.5 Å². The molecule has 2 rings (SSSR count). The maximum absolute atomic E-state index is 12.7. The third-order valence-corrected chi connectivity index (χ3v) is 2.80. The van der Waals surface area contributed by atoms with E-state index in [1.165, 1.54) is 17.0 Å². The molecule has 108 valence electrons. The Hall–Kier alpha value is -1.63. The van der Waals surface area contributed by atoms with Gasteiger partial charge in [0.2, 0.25) is 0 Å². The molecule has 0 bridgehead atoms. The first-order valence-corrected chi connectivity index (χ1v) is 6.37. The Morgan fingerprint density at radius 3 is 2.45 bits per heavy atom. The van der Waals surface area contributed by atoms with Crippen LogP contribution in [-0.2, 0) is 19.1 Å². The number of aryl methyl sites for hydroxylation is 1. The Morgan fingerprint density at radius 1 is 1.25 bits per heavy atom. The van der Waals surface area contributed by atoms with Crippen LogP contribution in [0.5, 0.6) is 0 Å². The number of hydrogen-bond donors (Lipinski definition) is 0. The van der Waals surface area contributed by atoms with Gasteiger partial charge in [-0.25, -0.2) is 15.0 Å². The highest BCUT2D eigenvalue weighted by Gasteiger charge is 2.34. The molecule has 0 aliphatic rings. The molecule has 0 aliphatic heterocycles. The quantitative estimate of drug-likeness (QED) is 0.870. The molecule has 8 heteroatoms. The van der Waals surface area contributed by atoms with E-state index in [0.29, 0.717) is 29.5 Å². The fourth-order valence-corrected chi connectivity index (χ4v) is 1.82. The SMILES string of the molecule is CCCc1nc(C(F)(F)F)cn1Cc1ncc(Cl)cn1. The molecule has 0 aromatic carbocycles. The highest BCUT2D eigenvalue weighted by Crippen LogP contribution is 2.28. The van der Waals surface area contributed by atoms with E-state index in [0.717, 1.165) is 6.20 Å². The largest absolute Gasteiger partial charge is 0.434 e. The summed E-state index contributed by atoms with van der Waals surface area (Å²) in [5.41, 5.74) is -0.894. The second kappa shape index (κ2) is 5.78. The van der Waals surface area contributed by atoms with Crippen molar-refractivity contribution in [2.24, 2.45) is 0 Å². The summed E-state index contributed by atoms with van der Waals surface area (Å²) in [5.74, 6) is 0.760. The third-order valence-electron chi connectivity index (χ3n) is 2.61. The zero-order valence-corrected chi connectivity index (χ0v) is 11.4. The average Bonchev–Trinajstić information content (AvgIpc) is 2.76. The van der Waals surface area contributed by atoms with Crippen molar-refractivity contribution in [1.29, 1.82) is 0 Å². The van der Waals surface area contributed by atoms with Crippen LogP contribution in [-0.4, -0.2) is 19.5 Å².